The highest BCUT2D eigenvalue weighted by Crippen LogP contribution is 2.40. The van der Waals surface area contributed by atoms with Crippen molar-refractivity contribution in [3.05, 3.63) is 12.3 Å². The number of nitrogens with zero attached hydrogens (tertiary/aromatic N) is 3. The molecule has 3 heterocycles. The van der Waals surface area contributed by atoms with Crippen LogP contribution in [0.4, 0.5) is 11.8 Å². The fourth-order valence-electron chi connectivity index (χ4n) is 3.90. The van der Waals surface area contributed by atoms with Crippen molar-refractivity contribution in [1.82, 2.24) is 15.3 Å². The minimum absolute atomic E-state index is 0.0540. The molecule has 1 aromatic heterocycles. The molecule has 11 heteroatoms. The number of anilines is 2. The van der Waals surface area contributed by atoms with Gasteiger partial charge >= 0.3 is 0 Å². The smallest absolute Gasteiger partial charge is 0.290 e. The molecule has 5 N–H and O–H groups in total. The molecule has 0 bridgehead atoms. The van der Waals surface area contributed by atoms with Gasteiger partial charge in [0.25, 0.3) is 6.47 Å². The Hall–Kier alpha value is -2.11. The maximum atomic E-state index is 12.1. The van der Waals surface area contributed by atoms with Crippen LogP contribution < -0.4 is 16.0 Å². The number of hydrogen-bond donors (Lipinski definition) is 4. The molecule has 0 radical (unpaired) electrons. The van der Waals surface area contributed by atoms with Crippen LogP contribution in [0, 0.1) is 0 Å². The zero-order valence-electron chi connectivity index (χ0n) is 16.7. The number of carbonyl (C=O) groups excluding carboxylic acids is 1. The van der Waals surface area contributed by atoms with Crippen LogP contribution in [0.2, 0.25) is 0 Å². The third-order valence-electron chi connectivity index (χ3n) is 5.37. The number of aromatic nitrogens is 2. The van der Waals surface area contributed by atoms with Gasteiger partial charge in [-0.2, -0.15) is 16.7 Å². The predicted octanol–water partition coefficient (Wildman–Crippen LogP) is 0.118. The van der Waals surface area contributed by atoms with E-state index in [1.807, 2.05) is 13.2 Å². The Bertz CT molecular complexity index is 701. The Morgan fingerprint density at radius 3 is 2.72 bits per heavy atom. The summed E-state index contributed by atoms with van der Waals surface area (Å²) in [5.41, 5.74) is 4.41. The molecule has 0 saturated carbocycles. The summed E-state index contributed by atoms with van der Waals surface area (Å²) in [5, 5.41) is 21.0. The predicted molar refractivity (Wildman–Crippen MR) is 111 cm³/mol. The number of aliphatic hydroxyl groups is 1. The largest absolute Gasteiger partial charge is 0.483 e. The van der Waals surface area contributed by atoms with Crippen LogP contribution in [0.15, 0.2) is 12.3 Å². The van der Waals surface area contributed by atoms with Crippen LogP contribution in [0.3, 0.4) is 0 Å². The molecule has 3 rings (SSSR count). The number of carboxylic acid groups (broad SMARTS) is 1. The number of carbonyl (C=O) groups is 2. The number of thioether (sulfide) groups is 1. The van der Waals surface area contributed by atoms with Gasteiger partial charge in [0.15, 0.2) is 0 Å². The van der Waals surface area contributed by atoms with E-state index in [0.29, 0.717) is 56.5 Å². The van der Waals surface area contributed by atoms with Gasteiger partial charge < -0.3 is 30.9 Å². The lowest BCUT2D eigenvalue weighted by Crippen LogP contribution is -2.69. The topological polar surface area (TPSA) is 151 Å². The average Bonchev–Trinajstić information content (AvgIpc) is 2.68. The van der Waals surface area contributed by atoms with Crippen LogP contribution in [0.5, 0.6) is 0 Å². The summed E-state index contributed by atoms with van der Waals surface area (Å²) in [4.78, 5) is 31.0. The monoisotopic (exact) mass is 427 g/mol. The summed E-state index contributed by atoms with van der Waals surface area (Å²) in [6.07, 6.45) is 4.64. The third-order valence-corrected chi connectivity index (χ3v) is 5.92. The van der Waals surface area contributed by atoms with Gasteiger partial charge in [-0.15, -0.1) is 0 Å². The Morgan fingerprint density at radius 2 is 2.14 bits per heavy atom. The van der Waals surface area contributed by atoms with Gasteiger partial charge in [-0.3, -0.25) is 9.59 Å². The number of nitrogens with one attached hydrogen (secondary N) is 1. The molecule has 10 nitrogen and oxygen atoms in total. The first-order chi connectivity index (χ1) is 13.8. The summed E-state index contributed by atoms with van der Waals surface area (Å²) in [7, 11) is 0. The van der Waals surface area contributed by atoms with Gasteiger partial charge in [0.1, 0.15) is 11.9 Å². The van der Waals surface area contributed by atoms with E-state index in [4.69, 9.17) is 20.4 Å². The molecule has 2 aliphatic rings. The molecule has 2 atom stereocenters. The number of nitrogens with two attached hydrogens (primary N) is 1. The van der Waals surface area contributed by atoms with Crippen LogP contribution in [-0.2, 0) is 14.3 Å². The van der Waals surface area contributed by atoms with Gasteiger partial charge in [-0.25, -0.2) is 4.98 Å². The third kappa shape index (κ3) is 5.49. The number of amides is 1. The summed E-state index contributed by atoms with van der Waals surface area (Å²) >= 11 is 1.47. The van der Waals surface area contributed by atoms with Crippen molar-refractivity contribution in [2.45, 2.75) is 43.4 Å². The Kier molecular flexibility index (Phi) is 8.05. The maximum Gasteiger partial charge on any atom is 0.290 e. The van der Waals surface area contributed by atoms with Gasteiger partial charge in [-0.05, 0) is 38.5 Å². The van der Waals surface area contributed by atoms with E-state index in [0.717, 1.165) is 0 Å². The highest BCUT2D eigenvalue weighted by Gasteiger charge is 2.53. The Morgan fingerprint density at radius 1 is 1.48 bits per heavy atom. The lowest BCUT2D eigenvalue weighted by atomic mass is 9.73. The van der Waals surface area contributed by atoms with E-state index in [9.17, 15) is 9.90 Å². The molecule has 0 aromatic carbocycles. The second kappa shape index (κ2) is 10.1. The molecule has 2 aliphatic heterocycles. The molecule has 162 valence electrons. The normalized spacial score (nSPS) is 25.6. The van der Waals surface area contributed by atoms with E-state index in [-0.39, 0.29) is 12.4 Å². The average molecular weight is 428 g/mol. The second-order valence-corrected chi connectivity index (χ2v) is 8.20. The minimum Gasteiger partial charge on any atom is -0.483 e. The standard InChI is InChI=1S/C17H27N5O3S.CH2O2/c1-16(21-13(23)11-26-2)6-10-25-17(14(16)24)4-8-22(9-5-17)15-19-7-3-12(18)20-15;2-1-3/h3,7,14,24H,4-6,8-11H2,1-2H3,(H,21,23)(H2,18,19,20);1H,(H,2,3)/t14-,16+;/m0./s1. The van der Waals surface area contributed by atoms with Crippen molar-refractivity contribution in [2.24, 2.45) is 0 Å². The van der Waals surface area contributed by atoms with Crippen molar-refractivity contribution in [3.8, 4) is 0 Å². The number of rotatable bonds is 4. The molecule has 1 amide bonds. The summed E-state index contributed by atoms with van der Waals surface area (Å²) in [5.74, 6) is 1.37. The van der Waals surface area contributed by atoms with Crippen molar-refractivity contribution in [2.75, 3.05) is 42.3 Å². The number of aliphatic hydroxyl groups excluding tert-OH is 1. The molecule has 0 aliphatic carbocycles. The summed E-state index contributed by atoms with van der Waals surface area (Å²) in [6.45, 7) is 3.50. The first-order valence-electron chi connectivity index (χ1n) is 9.33. The molecule has 29 heavy (non-hydrogen) atoms. The second-order valence-electron chi connectivity index (χ2n) is 7.34. The van der Waals surface area contributed by atoms with Crippen molar-refractivity contribution in [3.63, 3.8) is 0 Å². The van der Waals surface area contributed by atoms with E-state index >= 15 is 0 Å². The summed E-state index contributed by atoms with van der Waals surface area (Å²) in [6, 6.07) is 1.66. The number of nitrogen functional groups attached to an aromatic ring is 1. The van der Waals surface area contributed by atoms with Gasteiger partial charge in [-0.1, -0.05) is 0 Å². The van der Waals surface area contributed by atoms with Crippen LogP contribution in [0.25, 0.3) is 0 Å². The zero-order valence-corrected chi connectivity index (χ0v) is 17.5. The number of ether oxygens (including phenoxy) is 1. The fourth-order valence-corrected chi connectivity index (χ4v) is 4.23. The van der Waals surface area contributed by atoms with E-state index in [1.165, 1.54) is 11.8 Å². The molecule has 2 saturated heterocycles. The van der Waals surface area contributed by atoms with Gasteiger partial charge in [0, 0.05) is 25.9 Å². The van der Waals surface area contributed by atoms with E-state index < -0.39 is 17.2 Å². The molecule has 1 aromatic rings. The summed E-state index contributed by atoms with van der Waals surface area (Å²) < 4.78 is 6.06. The molecular formula is C18H29N5O5S. The Labute approximate surface area is 174 Å². The molecule has 2 fully saturated rings. The zero-order chi connectivity index (χ0) is 21.5. The van der Waals surface area contributed by atoms with Crippen molar-refractivity contribution in [1.29, 1.82) is 0 Å². The lowest BCUT2D eigenvalue weighted by Gasteiger charge is -2.53. The SMILES string of the molecule is CSCC(=O)N[C@]1(C)CCOC2(CCN(c3nccc(N)n3)CC2)[C@H]1O.O=CO. The minimum atomic E-state index is -0.765. The van der Waals surface area contributed by atoms with Gasteiger partial charge in [0.2, 0.25) is 11.9 Å². The number of hydrogen-bond acceptors (Lipinski definition) is 9. The van der Waals surface area contributed by atoms with E-state index in [1.54, 1.807) is 12.3 Å². The van der Waals surface area contributed by atoms with Crippen LogP contribution in [0.1, 0.15) is 26.2 Å². The number of piperidine rings is 1. The van der Waals surface area contributed by atoms with Crippen molar-refractivity contribution < 1.29 is 24.5 Å². The van der Waals surface area contributed by atoms with Gasteiger partial charge in [0.05, 0.1) is 16.9 Å². The highest BCUT2D eigenvalue weighted by atomic mass is 32.2. The van der Waals surface area contributed by atoms with Crippen LogP contribution >= 0.6 is 11.8 Å². The van der Waals surface area contributed by atoms with Crippen molar-refractivity contribution >= 4 is 35.9 Å². The van der Waals surface area contributed by atoms with E-state index in [2.05, 4.69) is 20.2 Å². The lowest BCUT2D eigenvalue weighted by molar-refractivity contribution is -0.198. The first kappa shape index (κ1) is 23.2. The molecule has 0 unspecified atom stereocenters. The molecule has 1 spiro atoms. The Balaban J connectivity index is 0.000000941. The molecular weight excluding hydrogens is 398 g/mol. The van der Waals surface area contributed by atoms with Crippen LogP contribution in [-0.4, -0.2) is 81.5 Å². The maximum absolute atomic E-state index is 12.1. The fraction of sp³-hybridized carbons (Fsp3) is 0.667. The highest BCUT2D eigenvalue weighted by molar-refractivity contribution is 7.99. The first-order valence-corrected chi connectivity index (χ1v) is 10.7. The quantitative estimate of drug-likeness (QED) is 0.488.